The highest BCUT2D eigenvalue weighted by Gasteiger charge is 2.14. The van der Waals surface area contributed by atoms with Crippen LogP contribution < -0.4 is 5.56 Å². The zero-order valence-corrected chi connectivity index (χ0v) is 12.9. The number of rotatable bonds is 2. The van der Waals surface area contributed by atoms with Gasteiger partial charge in [0.2, 0.25) is 0 Å². The van der Waals surface area contributed by atoms with Crippen LogP contribution in [0, 0.1) is 0 Å². The normalized spacial score (nSPS) is 11.2. The van der Waals surface area contributed by atoms with Crippen molar-refractivity contribution in [2.45, 2.75) is 0 Å². The fourth-order valence-electron chi connectivity index (χ4n) is 3.16. The summed E-state index contributed by atoms with van der Waals surface area (Å²) in [6.45, 7) is 0. The summed E-state index contributed by atoms with van der Waals surface area (Å²) in [6, 6.07) is 17.6. The molecule has 0 saturated carbocycles. The molecule has 5 heteroatoms. The van der Waals surface area contributed by atoms with Crippen LogP contribution in [0.15, 0.2) is 65.5 Å². The van der Waals surface area contributed by atoms with Gasteiger partial charge in [0.05, 0.1) is 22.1 Å². The molecule has 2 aromatic carbocycles. The van der Waals surface area contributed by atoms with E-state index in [1.165, 1.54) is 18.2 Å². The van der Waals surface area contributed by atoms with Gasteiger partial charge >= 0.3 is 5.97 Å². The van der Waals surface area contributed by atoms with E-state index in [0.29, 0.717) is 5.69 Å². The molecular weight excluding hydrogens is 304 g/mol. The Hall–Kier alpha value is -3.34. The summed E-state index contributed by atoms with van der Waals surface area (Å²) >= 11 is 0. The molecule has 2 heterocycles. The summed E-state index contributed by atoms with van der Waals surface area (Å²) in [5.74, 6) is -0.989. The standard InChI is InChI=1S/C19H14N2O3/c1-20-15-5-3-2-4-14(15)18-16(20)10-11-17(22)21(18)13-8-6-12(7-9-13)19(23)24/h2-11H,1H3,(H,23,24). The van der Waals surface area contributed by atoms with Crippen molar-refractivity contribution < 1.29 is 9.90 Å². The first-order valence-corrected chi connectivity index (χ1v) is 7.51. The number of hydrogen-bond donors (Lipinski definition) is 1. The lowest BCUT2D eigenvalue weighted by Gasteiger charge is -2.09. The smallest absolute Gasteiger partial charge is 0.335 e. The lowest BCUT2D eigenvalue weighted by molar-refractivity contribution is 0.0697. The molecule has 0 amide bonds. The molecule has 24 heavy (non-hydrogen) atoms. The highest BCUT2D eigenvalue weighted by Crippen LogP contribution is 2.28. The van der Waals surface area contributed by atoms with E-state index in [2.05, 4.69) is 0 Å². The maximum Gasteiger partial charge on any atom is 0.335 e. The van der Waals surface area contributed by atoms with E-state index in [-0.39, 0.29) is 11.1 Å². The first kappa shape index (κ1) is 14.3. The third-order valence-electron chi connectivity index (χ3n) is 4.32. The molecule has 0 aliphatic rings. The summed E-state index contributed by atoms with van der Waals surface area (Å²) in [7, 11) is 1.97. The third kappa shape index (κ3) is 1.95. The minimum Gasteiger partial charge on any atom is -0.478 e. The van der Waals surface area contributed by atoms with Crippen LogP contribution in [0.2, 0.25) is 0 Å². The van der Waals surface area contributed by atoms with Gasteiger partial charge in [-0.15, -0.1) is 0 Å². The van der Waals surface area contributed by atoms with Gasteiger partial charge < -0.3 is 9.67 Å². The van der Waals surface area contributed by atoms with Gasteiger partial charge in [-0.25, -0.2) is 4.79 Å². The SMILES string of the molecule is Cn1c2ccccc2c2c1ccc(=O)n2-c1ccc(C(=O)O)cc1. The zero-order valence-electron chi connectivity index (χ0n) is 12.9. The number of aromatic nitrogens is 2. The molecule has 0 fully saturated rings. The minimum atomic E-state index is -0.989. The largest absolute Gasteiger partial charge is 0.478 e. The Morgan fingerprint density at radius 3 is 2.33 bits per heavy atom. The van der Waals surface area contributed by atoms with Gasteiger partial charge in [0.1, 0.15) is 0 Å². The molecule has 4 aromatic rings. The highest BCUT2D eigenvalue weighted by molar-refractivity contribution is 6.06. The number of hydrogen-bond acceptors (Lipinski definition) is 2. The molecule has 0 unspecified atom stereocenters. The summed E-state index contributed by atoms with van der Waals surface area (Å²) in [5.41, 5.74) is 3.49. The van der Waals surface area contributed by atoms with Crippen molar-refractivity contribution in [2.24, 2.45) is 7.05 Å². The fourth-order valence-corrected chi connectivity index (χ4v) is 3.16. The van der Waals surface area contributed by atoms with Crippen molar-refractivity contribution in [3.05, 3.63) is 76.6 Å². The van der Waals surface area contributed by atoms with Crippen LogP contribution in [-0.2, 0) is 7.05 Å². The summed E-state index contributed by atoms with van der Waals surface area (Å²) < 4.78 is 3.68. The van der Waals surface area contributed by atoms with Gasteiger partial charge in [0.15, 0.2) is 0 Å². The van der Waals surface area contributed by atoms with Crippen LogP contribution in [-0.4, -0.2) is 20.2 Å². The van der Waals surface area contributed by atoms with E-state index in [0.717, 1.165) is 21.9 Å². The Morgan fingerprint density at radius 2 is 1.62 bits per heavy atom. The van der Waals surface area contributed by atoms with Crippen molar-refractivity contribution in [1.29, 1.82) is 0 Å². The topological polar surface area (TPSA) is 64.2 Å². The number of fused-ring (bicyclic) bond motifs is 3. The number of carboxylic acids is 1. The first-order valence-electron chi connectivity index (χ1n) is 7.51. The maximum atomic E-state index is 12.5. The second-order valence-electron chi connectivity index (χ2n) is 5.67. The lowest BCUT2D eigenvalue weighted by Crippen LogP contribution is -2.17. The van der Waals surface area contributed by atoms with Gasteiger partial charge in [-0.3, -0.25) is 9.36 Å². The fraction of sp³-hybridized carbons (Fsp3) is 0.0526. The van der Waals surface area contributed by atoms with E-state index >= 15 is 0 Å². The minimum absolute atomic E-state index is 0.151. The monoisotopic (exact) mass is 318 g/mol. The van der Waals surface area contributed by atoms with Gasteiger partial charge in [-0.1, -0.05) is 18.2 Å². The number of carboxylic acid groups (broad SMARTS) is 1. The second-order valence-corrected chi connectivity index (χ2v) is 5.67. The van der Waals surface area contributed by atoms with Crippen LogP contribution in [0.3, 0.4) is 0 Å². The highest BCUT2D eigenvalue weighted by atomic mass is 16.4. The number of aryl methyl sites for hydroxylation is 1. The van der Waals surface area contributed by atoms with Crippen LogP contribution >= 0.6 is 0 Å². The van der Waals surface area contributed by atoms with Gasteiger partial charge in [-0.2, -0.15) is 0 Å². The van der Waals surface area contributed by atoms with Crippen LogP contribution in [0.1, 0.15) is 10.4 Å². The molecule has 0 radical (unpaired) electrons. The Balaban J connectivity index is 2.11. The molecule has 0 atom stereocenters. The summed E-state index contributed by atoms with van der Waals surface area (Å²) in [4.78, 5) is 23.6. The summed E-state index contributed by atoms with van der Waals surface area (Å²) in [5, 5.41) is 10.0. The number of para-hydroxylation sites is 1. The molecule has 0 aliphatic heterocycles. The van der Waals surface area contributed by atoms with Crippen LogP contribution in [0.5, 0.6) is 0 Å². The number of pyridine rings is 1. The number of aromatic carboxylic acids is 1. The summed E-state index contributed by atoms with van der Waals surface area (Å²) in [6.07, 6.45) is 0. The molecule has 1 N–H and O–H groups in total. The Morgan fingerprint density at radius 1 is 0.917 bits per heavy atom. The third-order valence-corrected chi connectivity index (χ3v) is 4.32. The predicted octanol–water partition coefficient (Wildman–Crippen LogP) is 3.18. The van der Waals surface area contributed by atoms with Crippen molar-refractivity contribution >= 4 is 27.9 Å². The maximum absolute atomic E-state index is 12.5. The van der Waals surface area contributed by atoms with Crippen molar-refractivity contribution in [3.8, 4) is 5.69 Å². The Kier molecular flexibility index (Phi) is 3.03. The van der Waals surface area contributed by atoms with Gasteiger partial charge in [0.25, 0.3) is 5.56 Å². The molecule has 5 nitrogen and oxygen atoms in total. The molecule has 4 rings (SSSR count). The van der Waals surface area contributed by atoms with Gasteiger partial charge in [-0.05, 0) is 36.4 Å². The average Bonchev–Trinajstić information content (AvgIpc) is 2.88. The second kappa shape index (κ2) is 5.09. The van der Waals surface area contributed by atoms with Crippen molar-refractivity contribution in [2.75, 3.05) is 0 Å². The molecule has 0 bridgehead atoms. The predicted molar refractivity (Wildman–Crippen MR) is 93.0 cm³/mol. The molecule has 2 aromatic heterocycles. The molecule has 0 aliphatic carbocycles. The van der Waals surface area contributed by atoms with E-state index in [4.69, 9.17) is 5.11 Å². The van der Waals surface area contributed by atoms with Crippen LogP contribution in [0.4, 0.5) is 0 Å². The first-order chi connectivity index (χ1) is 11.6. The van der Waals surface area contributed by atoms with Crippen LogP contribution in [0.25, 0.3) is 27.6 Å². The van der Waals surface area contributed by atoms with E-state index in [1.54, 1.807) is 16.7 Å². The average molecular weight is 318 g/mol. The Bertz CT molecular complexity index is 1150. The molecule has 0 saturated heterocycles. The quantitative estimate of drug-likeness (QED) is 0.617. The molecular formula is C19H14N2O3. The van der Waals surface area contributed by atoms with E-state index in [9.17, 15) is 9.59 Å². The lowest BCUT2D eigenvalue weighted by atomic mass is 10.2. The number of carbonyl (C=O) groups is 1. The molecule has 118 valence electrons. The van der Waals surface area contributed by atoms with Gasteiger partial charge in [0, 0.05) is 24.2 Å². The van der Waals surface area contributed by atoms with Crippen molar-refractivity contribution in [1.82, 2.24) is 9.13 Å². The zero-order chi connectivity index (χ0) is 16.8. The Labute approximate surface area is 137 Å². The number of benzene rings is 2. The number of nitrogens with zero attached hydrogens (tertiary/aromatic N) is 2. The van der Waals surface area contributed by atoms with Crippen molar-refractivity contribution in [3.63, 3.8) is 0 Å². The van der Waals surface area contributed by atoms with E-state index < -0.39 is 5.97 Å². The van der Waals surface area contributed by atoms with E-state index in [1.807, 2.05) is 41.9 Å². The molecule has 0 spiro atoms.